The van der Waals surface area contributed by atoms with Gasteiger partial charge in [-0.3, -0.25) is 0 Å². The van der Waals surface area contributed by atoms with Crippen molar-refractivity contribution in [2.24, 2.45) is 21.8 Å². The van der Waals surface area contributed by atoms with E-state index in [9.17, 15) is 10.5 Å². The number of allylic oxidation sites excluding steroid dienone is 8. The van der Waals surface area contributed by atoms with Crippen LogP contribution in [0.15, 0.2) is 185 Å². The molecule has 7 aromatic carbocycles. The van der Waals surface area contributed by atoms with E-state index < -0.39 is 0 Å². The predicted molar refractivity (Wildman–Crippen MR) is 253 cm³/mol. The fourth-order valence-electron chi connectivity index (χ4n) is 10.8. The zero-order chi connectivity index (χ0) is 41.3. The number of hydrogen-bond donors (Lipinski definition) is 0. The highest BCUT2D eigenvalue weighted by Gasteiger charge is 2.37. The summed E-state index contributed by atoms with van der Waals surface area (Å²) in [6, 6.07) is 53.6. The Labute approximate surface area is 360 Å². The van der Waals surface area contributed by atoms with Crippen molar-refractivity contribution in [3.8, 4) is 23.3 Å². The monoisotopic (exact) mass is 790 g/mol. The Kier molecular flexibility index (Phi) is 8.34. The molecule has 0 aromatic heterocycles. The molecule has 7 aromatic rings. The van der Waals surface area contributed by atoms with Gasteiger partial charge < -0.3 is 0 Å². The van der Waals surface area contributed by atoms with Crippen LogP contribution in [0.1, 0.15) is 64.1 Å². The van der Waals surface area contributed by atoms with Gasteiger partial charge in [-0.1, -0.05) is 158 Å². The molecule has 1 aliphatic heterocycles. The Morgan fingerprint density at radius 3 is 1.97 bits per heavy atom. The molecule has 290 valence electrons. The normalized spacial score (nSPS) is 19.4. The van der Waals surface area contributed by atoms with E-state index in [1.54, 1.807) is 0 Å². The maximum Gasteiger partial charge on any atom is 0.161 e. The summed E-state index contributed by atoms with van der Waals surface area (Å²) in [5.41, 5.74) is 14.6. The quantitative estimate of drug-likeness (QED) is 0.167. The molecule has 0 spiro atoms. The van der Waals surface area contributed by atoms with E-state index in [-0.39, 0.29) is 17.8 Å². The van der Waals surface area contributed by atoms with Crippen molar-refractivity contribution < 1.29 is 0 Å². The average Bonchev–Trinajstić information content (AvgIpc) is 3.35. The molecule has 3 unspecified atom stereocenters. The zero-order valence-corrected chi connectivity index (χ0v) is 33.9. The summed E-state index contributed by atoms with van der Waals surface area (Å²) in [7, 11) is 0. The molecule has 4 aliphatic carbocycles. The van der Waals surface area contributed by atoms with Crippen LogP contribution in [0.3, 0.4) is 0 Å². The van der Waals surface area contributed by atoms with E-state index in [1.165, 1.54) is 70.9 Å². The Balaban J connectivity index is 1.12. The summed E-state index contributed by atoms with van der Waals surface area (Å²) in [4.78, 5) is 10.9. The van der Waals surface area contributed by atoms with Gasteiger partial charge in [0.1, 0.15) is 0 Å². The molecule has 62 heavy (non-hydrogen) atoms. The molecule has 0 fully saturated rings. The summed E-state index contributed by atoms with van der Waals surface area (Å²) in [5.74, 6) is 0.552. The van der Waals surface area contributed by atoms with Crippen molar-refractivity contribution in [3.63, 3.8) is 0 Å². The number of nitriles is 2. The topological polar surface area (TPSA) is 72.3 Å². The SMILES string of the molecule is N#Cc1ccccc1C1=NC2=C(C3C=c4c(c5ccccc5c5ccccc45)=CC3)C=C(c3ccc4c(c3)C3CC=CC=C3c3ccccc3-4)CC2C(c2ccccc2C#N)=N1. The third-order valence-corrected chi connectivity index (χ3v) is 13.6. The second-order valence-corrected chi connectivity index (χ2v) is 16.8. The maximum atomic E-state index is 10.5. The van der Waals surface area contributed by atoms with Crippen molar-refractivity contribution in [2.75, 3.05) is 0 Å². The summed E-state index contributed by atoms with van der Waals surface area (Å²) >= 11 is 0. The second kappa shape index (κ2) is 14.4. The minimum absolute atomic E-state index is 0.00385. The van der Waals surface area contributed by atoms with Crippen LogP contribution in [0.2, 0.25) is 0 Å². The van der Waals surface area contributed by atoms with E-state index in [0.717, 1.165) is 35.4 Å². The standard InChI is InChI=1S/C58H38N4/c59-33-37-13-1-3-15-40(37)56-55-32-39(35-25-27-50-46-21-7-5-17-42(46)44-19-9-11-23-48(44)53(50)29-35)31-52(57(55)62-58(61-56)41-16-4-2-14-38(41)34-60)36-26-28-51-47-22-8-6-18-43(47)45-20-10-12-24-49(45)54(51)30-36/h1-22,24-25,27-31,36,48,55H,23,26,32H2. The third-order valence-electron chi connectivity index (χ3n) is 13.6. The van der Waals surface area contributed by atoms with Crippen LogP contribution in [0, 0.1) is 34.5 Å². The molecule has 0 amide bonds. The Morgan fingerprint density at radius 2 is 1.21 bits per heavy atom. The number of benzene rings is 7. The molecule has 4 nitrogen and oxygen atoms in total. The number of hydrogen-bond acceptors (Lipinski definition) is 4. The minimum atomic E-state index is -0.231. The second-order valence-electron chi connectivity index (χ2n) is 16.8. The lowest BCUT2D eigenvalue weighted by Crippen LogP contribution is -2.33. The smallest absolute Gasteiger partial charge is 0.161 e. The number of rotatable bonds is 4. The third kappa shape index (κ3) is 5.58. The summed E-state index contributed by atoms with van der Waals surface area (Å²) in [6.45, 7) is 0. The predicted octanol–water partition coefficient (Wildman–Crippen LogP) is 11.7. The lowest BCUT2D eigenvalue weighted by molar-refractivity contribution is 0.737. The van der Waals surface area contributed by atoms with Crippen LogP contribution in [0.25, 0.3) is 56.0 Å². The van der Waals surface area contributed by atoms with Crippen LogP contribution in [-0.4, -0.2) is 11.5 Å². The van der Waals surface area contributed by atoms with Gasteiger partial charge in [-0.15, -0.1) is 0 Å². The van der Waals surface area contributed by atoms with E-state index in [2.05, 4.69) is 140 Å². The molecule has 0 saturated heterocycles. The average molecular weight is 791 g/mol. The van der Waals surface area contributed by atoms with Gasteiger partial charge in [-0.25, -0.2) is 9.98 Å². The zero-order valence-electron chi connectivity index (χ0n) is 33.9. The van der Waals surface area contributed by atoms with Gasteiger partial charge in [-0.05, 0) is 114 Å². The first kappa shape index (κ1) is 36.0. The lowest BCUT2D eigenvalue weighted by atomic mass is 9.70. The Bertz CT molecular complexity index is 3540. The van der Waals surface area contributed by atoms with Crippen LogP contribution in [0.5, 0.6) is 0 Å². The summed E-state index contributed by atoms with van der Waals surface area (Å²) in [6.07, 6.45) is 16.6. The number of fused-ring (bicyclic) bond motifs is 13. The van der Waals surface area contributed by atoms with Gasteiger partial charge in [0.05, 0.1) is 34.7 Å². The fourth-order valence-corrected chi connectivity index (χ4v) is 10.8. The van der Waals surface area contributed by atoms with Crippen molar-refractivity contribution in [1.29, 1.82) is 10.5 Å². The van der Waals surface area contributed by atoms with E-state index in [4.69, 9.17) is 9.98 Å². The molecule has 12 rings (SSSR count). The van der Waals surface area contributed by atoms with Gasteiger partial charge in [0.25, 0.3) is 0 Å². The highest BCUT2D eigenvalue weighted by atomic mass is 15.0. The van der Waals surface area contributed by atoms with Gasteiger partial charge in [-0.2, -0.15) is 10.5 Å². The summed E-state index contributed by atoms with van der Waals surface area (Å²) < 4.78 is 0. The highest BCUT2D eigenvalue weighted by molar-refractivity contribution is 6.18. The molecule has 0 radical (unpaired) electrons. The molecular formula is C58H38N4. The minimum Gasteiger partial charge on any atom is -0.232 e. The van der Waals surface area contributed by atoms with Crippen molar-refractivity contribution in [2.45, 2.75) is 25.2 Å². The van der Waals surface area contributed by atoms with Gasteiger partial charge in [0.15, 0.2) is 5.84 Å². The molecule has 0 bridgehead atoms. The molecule has 4 heteroatoms. The van der Waals surface area contributed by atoms with E-state index in [1.807, 2.05) is 48.5 Å². The van der Waals surface area contributed by atoms with Crippen LogP contribution in [-0.2, 0) is 0 Å². The Hall–Kier alpha value is -7.92. The first-order chi connectivity index (χ1) is 30.7. The summed E-state index contributed by atoms with van der Waals surface area (Å²) in [5, 5.41) is 28.3. The van der Waals surface area contributed by atoms with E-state index in [0.29, 0.717) is 28.9 Å². The lowest BCUT2D eigenvalue weighted by Gasteiger charge is -2.35. The first-order valence-electron chi connectivity index (χ1n) is 21.5. The molecule has 0 saturated carbocycles. The molecule has 0 N–H and O–H groups in total. The molecule has 1 heterocycles. The molecular weight excluding hydrogens is 753 g/mol. The van der Waals surface area contributed by atoms with Crippen molar-refractivity contribution in [1.82, 2.24) is 0 Å². The molecule has 5 aliphatic rings. The van der Waals surface area contributed by atoms with Gasteiger partial charge in [0.2, 0.25) is 0 Å². The fraction of sp³-hybridized carbons (Fsp3) is 0.103. The van der Waals surface area contributed by atoms with Gasteiger partial charge in [0, 0.05) is 28.9 Å². The van der Waals surface area contributed by atoms with Crippen LogP contribution < -0.4 is 10.4 Å². The largest absolute Gasteiger partial charge is 0.232 e. The van der Waals surface area contributed by atoms with Crippen LogP contribution >= 0.6 is 0 Å². The number of aliphatic imine (C=N–C) groups is 2. The van der Waals surface area contributed by atoms with Crippen molar-refractivity contribution >= 4 is 56.4 Å². The van der Waals surface area contributed by atoms with E-state index >= 15 is 0 Å². The Morgan fingerprint density at radius 1 is 0.565 bits per heavy atom. The van der Waals surface area contributed by atoms with Crippen LogP contribution in [0.4, 0.5) is 0 Å². The van der Waals surface area contributed by atoms with Gasteiger partial charge >= 0.3 is 0 Å². The number of amidine groups is 1. The highest BCUT2D eigenvalue weighted by Crippen LogP contribution is 2.51. The molecule has 3 atom stereocenters. The maximum absolute atomic E-state index is 10.5. The number of nitrogens with zero attached hydrogens (tertiary/aromatic N) is 4. The van der Waals surface area contributed by atoms with Crippen molar-refractivity contribution in [3.05, 3.63) is 224 Å². The first-order valence-corrected chi connectivity index (χ1v) is 21.5.